The molecule has 0 N–H and O–H groups in total. The first-order valence-electron chi connectivity index (χ1n) is 5.69. The van der Waals surface area contributed by atoms with Crippen molar-refractivity contribution < 1.29 is 14.7 Å². The zero-order chi connectivity index (χ0) is 12.0. The fourth-order valence-corrected chi connectivity index (χ4v) is 3.38. The number of hydrogen-bond acceptors (Lipinski definition) is 4. The minimum Gasteiger partial charge on any atom is -0.548 e. The number of carboxylic acid groups (broad SMARTS) is 1. The molecule has 2 fully saturated rings. The number of carbonyl (C=O) groups is 2. The highest BCUT2D eigenvalue weighted by Crippen LogP contribution is 2.49. The zero-order valence-electron chi connectivity index (χ0n) is 9.17. The molecule has 5 heteroatoms. The van der Waals surface area contributed by atoms with Gasteiger partial charge in [0.15, 0.2) is 0 Å². The van der Waals surface area contributed by atoms with Gasteiger partial charge in [-0.15, -0.1) is 11.3 Å². The number of nitrogens with zero attached hydrogens (tertiary/aromatic N) is 1. The van der Waals surface area contributed by atoms with Crippen LogP contribution in [0.2, 0.25) is 0 Å². The largest absolute Gasteiger partial charge is 0.548 e. The average Bonchev–Trinajstić information content (AvgIpc) is 2.76. The summed E-state index contributed by atoms with van der Waals surface area (Å²) in [5.41, 5.74) is 0. The Kier molecular flexibility index (Phi) is 2.43. The van der Waals surface area contributed by atoms with Crippen LogP contribution in [-0.2, 0) is 16.0 Å². The van der Waals surface area contributed by atoms with Gasteiger partial charge in [0.1, 0.15) is 0 Å². The highest BCUT2D eigenvalue weighted by atomic mass is 32.1. The minimum atomic E-state index is -1.10. The van der Waals surface area contributed by atoms with E-state index in [0.717, 1.165) is 11.3 Å². The van der Waals surface area contributed by atoms with Crippen molar-refractivity contribution in [3.8, 4) is 0 Å². The number of fused-ring (bicyclic) bond motifs is 1. The van der Waals surface area contributed by atoms with Crippen molar-refractivity contribution >= 4 is 23.2 Å². The Labute approximate surface area is 103 Å². The quantitative estimate of drug-likeness (QED) is 0.752. The zero-order valence-corrected chi connectivity index (χ0v) is 9.98. The lowest BCUT2D eigenvalue weighted by Gasteiger charge is -2.28. The van der Waals surface area contributed by atoms with E-state index in [9.17, 15) is 14.7 Å². The van der Waals surface area contributed by atoms with Crippen LogP contribution in [0.1, 0.15) is 11.3 Å². The Bertz CT molecular complexity index is 456. The maximum atomic E-state index is 12.0. The summed E-state index contributed by atoms with van der Waals surface area (Å²) >= 11 is 1.52. The second-order valence-electron chi connectivity index (χ2n) is 4.73. The van der Waals surface area contributed by atoms with Gasteiger partial charge in [0.05, 0.1) is 18.4 Å². The average molecular weight is 250 g/mol. The van der Waals surface area contributed by atoms with Crippen LogP contribution in [0.4, 0.5) is 0 Å². The Morgan fingerprint density at radius 1 is 1.53 bits per heavy atom. The molecular formula is C12H12NO3S-. The van der Waals surface area contributed by atoms with Crippen molar-refractivity contribution in [3.63, 3.8) is 0 Å². The predicted molar refractivity (Wildman–Crippen MR) is 60.1 cm³/mol. The number of carbonyl (C=O) groups excluding carboxylic acids is 2. The number of hydrogen-bond donors (Lipinski definition) is 0. The van der Waals surface area contributed by atoms with E-state index < -0.39 is 12.0 Å². The third kappa shape index (κ3) is 1.84. The molecule has 0 radical (unpaired) electrons. The molecule has 0 unspecified atom stereocenters. The number of aliphatic carboxylic acids is 1. The molecule has 2 aliphatic rings. The normalized spacial score (nSPS) is 30.1. The van der Waals surface area contributed by atoms with Crippen LogP contribution in [-0.4, -0.2) is 29.4 Å². The Morgan fingerprint density at radius 3 is 3.00 bits per heavy atom. The van der Waals surface area contributed by atoms with Gasteiger partial charge in [0, 0.05) is 11.4 Å². The molecule has 3 rings (SSSR count). The molecule has 0 aromatic carbocycles. The van der Waals surface area contributed by atoms with Crippen molar-refractivity contribution in [1.82, 2.24) is 4.90 Å². The van der Waals surface area contributed by atoms with E-state index in [1.165, 1.54) is 16.2 Å². The molecule has 1 aromatic rings. The molecule has 90 valence electrons. The molecule has 0 spiro atoms. The summed E-state index contributed by atoms with van der Waals surface area (Å²) in [6.45, 7) is 0.591. The maximum absolute atomic E-state index is 12.0. The van der Waals surface area contributed by atoms with E-state index in [0.29, 0.717) is 18.9 Å². The van der Waals surface area contributed by atoms with Crippen molar-refractivity contribution in [2.24, 2.45) is 11.8 Å². The summed E-state index contributed by atoms with van der Waals surface area (Å²) in [5, 5.41) is 13.0. The number of rotatable bonds is 3. The van der Waals surface area contributed by atoms with Crippen LogP contribution in [0, 0.1) is 11.8 Å². The highest BCUT2D eigenvalue weighted by Gasteiger charge is 2.54. The summed E-state index contributed by atoms with van der Waals surface area (Å²) < 4.78 is 0. The Balaban J connectivity index is 1.71. The second kappa shape index (κ2) is 3.84. The second-order valence-corrected chi connectivity index (χ2v) is 5.76. The fourth-order valence-electron chi connectivity index (χ4n) is 2.69. The van der Waals surface area contributed by atoms with Gasteiger partial charge in [-0.25, -0.2) is 0 Å². The lowest BCUT2D eigenvalue weighted by Crippen LogP contribution is -2.49. The molecule has 0 bridgehead atoms. The van der Waals surface area contributed by atoms with Crippen LogP contribution in [0.15, 0.2) is 17.5 Å². The number of likely N-dealkylation sites (tertiary alicyclic amines) is 1. The summed E-state index contributed by atoms with van der Waals surface area (Å²) in [5.74, 6) is -0.652. The van der Waals surface area contributed by atoms with Gasteiger partial charge in [0.25, 0.3) is 0 Å². The molecule has 3 atom stereocenters. The first-order chi connectivity index (χ1) is 8.16. The van der Waals surface area contributed by atoms with Crippen LogP contribution in [0.5, 0.6) is 0 Å². The van der Waals surface area contributed by atoms with Crippen molar-refractivity contribution in [3.05, 3.63) is 22.4 Å². The Hall–Kier alpha value is -1.36. The number of thiophene rings is 1. The first kappa shape index (κ1) is 10.8. The van der Waals surface area contributed by atoms with Gasteiger partial charge in [-0.3, -0.25) is 4.79 Å². The molecule has 4 nitrogen and oxygen atoms in total. The number of amides is 1. The highest BCUT2D eigenvalue weighted by molar-refractivity contribution is 7.10. The molecule has 1 aliphatic carbocycles. The van der Waals surface area contributed by atoms with Gasteiger partial charge in [-0.05, 0) is 29.7 Å². The molecule has 1 aliphatic heterocycles. The van der Waals surface area contributed by atoms with Crippen LogP contribution < -0.4 is 5.11 Å². The van der Waals surface area contributed by atoms with Gasteiger partial charge >= 0.3 is 0 Å². The third-order valence-corrected chi connectivity index (χ3v) is 4.49. The summed E-state index contributed by atoms with van der Waals surface area (Å²) in [7, 11) is 0. The topological polar surface area (TPSA) is 60.4 Å². The van der Waals surface area contributed by atoms with Crippen LogP contribution >= 0.6 is 11.3 Å². The summed E-state index contributed by atoms with van der Waals surface area (Å²) in [6, 6.07) is 3.10. The number of carboxylic acids is 1. The number of piperidine rings is 1. The molecule has 1 saturated carbocycles. The minimum absolute atomic E-state index is 0.0890. The van der Waals surface area contributed by atoms with E-state index >= 15 is 0 Å². The van der Waals surface area contributed by atoms with Gasteiger partial charge < -0.3 is 14.8 Å². The molecule has 1 aromatic heterocycles. The first-order valence-corrected chi connectivity index (χ1v) is 6.57. The summed E-state index contributed by atoms with van der Waals surface area (Å²) in [4.78, 5) is 25.6. The monoisotopic (exact) mass is 250 g/mol. The molecule has 1 amide bonds. The van der Waals surface area contributed by atoms with E-state index in [1.54, 1.807) is 0 Å². The lowest BCUT2D eigenvalue weighted by atomic mass is 10.2. The fraction of sp³-hybridized carbons (Fsp3) is 0.500. The standard InChI is InChI=1S/C12H13NO3S/c14-10(5-8-2-1-3-17-8)13-6-7-4-9(7)11(13)12(15)16/h1-3,7,9,11H,4-6H2,(H,15,16)/p-1/t7-,9-,11-/m0/s1. The van der Waals surface area contributed by atoms with Crippen molar-refractivity contribution in [1.29, 1.82) is 0 Å². The Morgan fingerprint density at radius 2 is 2.35 bits per heavy atom. The molecule has 1 saturated heterocycles. The van der Waals surface area contributed by atoms with Gasteiger partial charge in [-0.2, -0.15) is 0 Å². The molecule has 2 heterocycles. The van der Waals surface area contributed by atoms with E-state index in [4.69, 9.17) is 0 Å². The van der Waals surface area contributed by atoms with Crippen LogP contribution in [0.25, 0.3) is 0 Å². The molecular weight excluding hydrogens is 238 g/mol. The SMILES string of the molecule is O=C([O-])[C@@H]1[C@H]2C[C@H]2CN1C(=O)Cc1cccs1. The van der Waals surface area contributed by atoms with Crippen molar-refractivity contribution in [2.75, 3.05) is 6.54 Å². The smallest absolute Gasteiger partial charge is 0.228 e. The predicted octanol–water partition coefficient (Wildman–Crippen LogP) is -0.113. The third-order valence-electron chi connectivity index (χ3n) is 3.62. The van der Waals surface area contributed by atoms with E-state index in [-0.39, 0.29) is 11.8 Å². The molecule has 17 heavy (non-hydrogen) atoms. The van der Waals surface area contributed by atoms with Crippen molar-refractivity contribution in [2.45, 2.75) is 18.9 Å². The van der Waals surface area contributed by atoms with Crippen LogP contribution in [0.3, 0.4) is 0 Å². The van der Waals surface area contributed by atoms with E-state index in [2.05, 4.69) is 0 Å². The lowest BCUT2D eigenvalue weighted by molar-refractivity contribution is -0.311. The van der Waals surface area contributed by atoms with E-state index in [1.807, 2.05) is 17.5 Å². The van der Waals surface area contributed by atoms with Gasteiger partial charge in [0.2, 0.25) is 5.91 Å². The van der Waals surface area contributed by atoms with Gasteiger partial charge in [-0.1, -0.05) is 6.07 Å². The summed E-state index contributed by atoms with van der Waals surface area (Å²) in [6.07, 6.45) is 1.24. The maximum Gasteiger partial charge on any atom is 0.228 e.